The molecule has 0 aromatic heterocycles. The van der Waals surface area contributed by atoms with E-state index in [0.29, 0.717) is 12.0 Å². The molecule has 0 N–H and O–H groups in total. The number of aryl methyl sites for hydroxylation is 2. The Bertz CT molecular complexity index is 319. The van der Waals surface area contributed by atoms with E-state index in [1.807, 2.05) is 0 Å². The maximum absolute atomic E-state index is 5.84. The van der Waals surface area contributed by atoms with Gasteiger partial charge in [0.2, 0.25) is 0 Å². The SMILES string of the molecule is Cc1cc(CCl)cc(C)c1OC1CC1. The maximum Gasteiger partial charge on any atom is 0.125 e. The second kappa shape index (κ2) is 3.82. The molecular formula is C12H15ClO. The van der Waals surface area contributed by atoms with Crippen LogP contribution in [-0.4, -0.2) is 6.10 Å². The second-order valence-electron chi connectivity index (χ2n) is 4.01. The molecule has 1 aromatic carbocycles. The van der Waals surface area contributed by atoms with Crippen molar-refractivity contribution in [3.63, 3.8) is 0 Å². The molecule has 0 saturated heterocycles. The first-order valence-electron chi connectivity index (χ1n) is 5.03. The molecule has 76 valence electrons. The van der Waals surface area contributed by atoms with Gasteiger partial charge in [-0.2, -0.15) is 0 Å². The summed E-state index contributed by atoms with van der Waals surface area (Å²) in [5.74, 6) is 1.63. The summed E-state index contributed by atoms with van der Waals surface area (Å²) in [4.78, 5) is 0. The van der Waals surface area contributed by atoms with Crippen molar-refractivity contribution >= 4 is 11.6 Å². The summed E-state index contributed by atoms with van der Waals surface area (Å²) in [7, 11) is 0. The molecule has 1 fully saturated rings. The van der Waals surface area contributed by atoms with Gasteiger partial charge in [-0.25, -0.2) is 0 Å². The minimum atomic E-state index is 0.467. The molecular weight excluding hydrogens is 196 g/mol. The average molecular weight is 211 g/mol. The summed E-state index contributed by atoms with van der Waals surface area (Å²) in [5.41, 5.74) is 3.57. The Balaban J connectivity index is 2.28. The highest BCUT2D eigenvalue weighted by Crippen LogP contribution is 2.32. The first kappa shape index (κ1) is 9.85. The van der Waals surface area contributed by atoms with Crippen LogP contribution in [0.5, 0.6) is 5.75 Å². The molecule has 2 heteroatoms. The van der Waals surface area contributed by atoms with E-state index in [4.69, 9.17) is 16.3 Å². The zero-order chi connectivity index (χ0) is 10.1. The number of benzene rings is 1. The largest absolute Gasteiger partial charge is 0.490 e. The summed E-state index contributed by atoms with van der Waals surface area (Å²) >= 11 is 5.80. The molecule has 2 rings (SSSR count). The fourth-order valence-corrected chi connectivity index (χ4v) is 1.81. The fraction of sp³-hybridized carbons (Fsp3) is 0.500. The Morgan fingerprint density at radius 1 is 1.29 bits per heavy atom. The Morgan fingerprint density at radius 3 is 2.29 bits per heavy atom. The van der Waals surface area contributed by atoms with Crippen molar-refractivity contribution in [2.24, 2.45) is 0 Å². The summed E-state index contributed by atoms with van der Waals surface area (Å²) in [6, 6.07) is 4.22. The van der Waals surface area contributed by atoms with E-state index in [-0.39, 0.29) is 0 Å². The normalized spacial score (nSPS) is 15.6. The van der Waals surface area contributed by atoms with E-state index < -0.39 is 0 Å². The van der Waals surface area contributed by atoms with Gasteiger partial charge in [0, 0.05) is 5.88 Å². The number of hydrogen-bond acceptors (Lipinski definition) is 1. The highest BCUT2D eigenvalue weighted by atomic mass is 35.5. The van der Waals surface area contributed by atoms with Crippen molar-refractivity contribution in [2.45, 2.75) is 38.7 Å². The standard InChI is InChI=1S/C12H15ClO/c1-8-5-10(7-13)6-9(2)12(8)14-11-3-4-11/h5-6,11H,3-4,7H2,1-2H3. The Hall–Kier alpha value is -0.690. The van der Waals surface area contributed by atoms with Gasteiger partial charge in [-0.3, -0.25) is 0 Å². The highest BCUT2D eigenvalue weighted by molar-refractivity contribution is 6.17. The van der Waals surface area contributed by atoms with Crippen LogP contribution < -0.4 is 4.74 Å². The Labute approximate surface area is 90.0 Å². The molecule has 1 nitrogen and oxygen atoms in total. The quantitative estimate of drug-likeness (QED) is 0.693. The predicted octanol–water partition coefficient (Wildman–Crippen LogP) is 3.58. The average Bonchev–Trinajstić information content (AvgIpc) is 2.94. The molecule has 0 amide bonds. The lowest BCUT2D eigenvalue weighted by Gasteiger charge is -2.12. The Morgan fingerprint density at radius 2 is 1.86 bits per heavy atom. The van der Waals surface area contributed by atoms with E-state index in [1.54, 1.807) is 0 Å². The third-order valence-corrected chi connectivity index (χ3v) is 2.79. The van der Waals surface area contributed by atoms with E-state index in [1.165, 1.54) is 29.5 Å². The molecule has 0 radical (unpaired) electrons. The summed E-state index contributed by atoms with van der Waals surface area (Å²) in [6.07, 6.45) is 2.88. The van der Waals surface area contributed by atoms with Gasteiger partial charge in [0.15, 0.2) is 0 Å². The van der Waals surface area contributed by atoms with Crippen LogP contribution in [-0.2, 0) is 5.88 Å². The minimum absolute atomic E-state index is 0.467. The van der Waals surface area contributed by atoms with Gasteiger partial charge in [0.1, 0.15) is 5.75 Å². The number of halogens is 1. The predicted molar refractivity (Wildman–Crippen MR) is 59.1 cm³/mol. The highest BCUT2D eigenvalue weighted by Gasteiger charge is 2.24. The van der Waals surface area contributed by atoms with Gasteiger partial charge in [-0.15, -0.1) is 11.6 Å². The van der Waals surface area contributed by atoms with Crippen LogP contribution in [0.4, 0.5) is 0 Å². The Kier molecular flexibility index (Phi) is 2.69. The fourth-order valence-electron chi connectivity index (χ4n) is 1.66. The van der Waals surface area contributed by atoms with Crippen LogP contribution in [0.3, 0.4) is 0 Å². The van der Waals surface area contributed by atoms with Crippen molar-refractivity contribution in [1.29, 1.82) is 0 Å². The van der Waals surface area contributed by atoms with Crippen LogP contribution in [0.1, 0.15) is 29.5 Å². The molecule has 0 heterocycles. The zero-order valence-corrected chi connectivity index (χ0v) is 9.40. The van der Waals surface area contributed by atoms with Gasteiger partial charge >= 0.3 is 0 Å². The molecule has 0 aliphatic heterocycles. The van der Waals surface area contributed by atoms with Gasteiger partial charge in [0.05, 0.1) is 6.10 Å². The molecule has 0 unspecified atom stereocenters. The van der Waals surface area contributed by atoms with Crippen LogP contribution in [0.15, 0.2) is 12.1 Å². The summed E-state index contributed by atoms with van der Waals surface area (Å²) < 4.78 is 5.84. The van der Waals surface area contributed by atoms with Crippen LogP contribution in [0, 0.1) is 13.8 Å². The second-order valence-corrected chi connectivity index (χ2v) is 4.28. The summed E-state index contributed by atoms with van der Waals surface area (Å²) in [5, 5.41) is 0. The molecule has 1 aromatic rings. The lowest BCUT2D eigenvalue weighted by molar-refractivity contribution is 0.299. The summed E-state index contributed by atoms with van der Waals surface area (Å²) in [6.45, 7) is 4.17. The lowest BCUT2D eigenvalue weighted by atomic mass is 10.1. The number of ether oxygens (including phenoxy) is 1. The first-order valence-corrected chi connectivity index (χ1v) is 5.57. The molecule has 14 heavy (non-hydrogen) atoms. The molecule has 0 bridgehead atoms. The third-order valence-electron chi connectivity index (χ3n) is 2.48. The van der Waals surface area contributed by atoms with Crippen molar-refractivity contribution < 1.29 is 4.74 Å². The molecule has 1 saturated carbocycles. The van der Waals surface area contributed by atoms with E-state index in [2.05, 4.69) is 26.0 Å². The molecule has 0 spiro atoms. The van der Waals surface area contributed by atoms with Crippen LogP contribution >= 0.6 is 11.6 Å². The smallest absolute Gasteiger partial charge is 0.125 e. The maximum atomic E-state index is 5.84. The lowest BCUT2D eigenvalue weighted by Crippen LogP contribution is -2.00. The van der Waals surface area contributed by atoms with Crippen molar-refractivity contribution in [3.05, 3.63) is 28.8 Å². The first-order chi connectivity index (χ1) is 6.70. The van der Waals surface area contributed by atoms with Crippen LogP contribution in [0.2, 0.25) is 0 Å². The molecule has 1 aliphatic carbocycles. The monoisotopic (exact) mass is 210 g/mol. The van der Waals surface area contributed by atoms with Crippen molar-refractivity contribution in [3.8, 4) is 5.75 Å². The van der Waals surface area contributed by atoms with Crippen molar-refractivity contribution in [1.82, 2.24) is 0 Å². The molecule has 0 atom stereocenters. The van der Waals surface area contributed by atoms with Gasteiger partial charge in [-0.05, 0) is 43.4 Å². The van der Waals surface area contributed by atoms with E-state index in [9.17, 15) is 0 Å². The third kappa shape index (κ3) is 2.03. The van der Waals surface area contributed by atoms with Gasteiger partial charge in [-0.1, -0.05) is 12.1 Å². The minimum Gasteiger partial charge on any atom is -0.490 e. The number of rotatable bonds is 3. The number of hydrogen-bond donors (Lipinski definition) is 0. The van der Waals surface area contributed by atoms with Gasteiger partial charge < -0.3 is 4.74 Å². The molecule has 1 aliphatic rings. The number of alkyl halides is 1. The van der Waals surface area contributed by atoms with Gasteiger partial charge in [0.25, 0.3) is 0 Å². The van der Waals surface area contributed by atoms with E-state index in [0.717, 1.165) is 5.75 Å². The zero-order valence-electron chi connectivity index (χ0n) is 8.64. The van der Waals surface area contributed by atoms with E-state index >= 15 is 0 Å². The van der Waals surface area contributed by atoms with Crippen molar-refractivity contribution in [2.75, 3.05) is 0 Å². The van der Waals surface area contributed by atoms with Crippen LogP contribution in [0.25, 0.3) is 0 Å². The topological polar surface area (TPSA) is 9.23 Å².